The number of hydrogen-bond acceptors (Lipinski definition) is 1. The van der Waals surface area contributed by atoms with Crippen LogP contribution in [0.15, 0.2) is 0 Å². The lowest BCUT2D eigenvalue weighted by atomic mass is 10.3. The Kier molecular flexibility index (Phi) is 5.64. The molecule has 10 heavy (non-hydrogen) atoms. The number of hydrogen-bond donors (Lipinski definition) is 0. The van der Waals surface area contributed by atoms with Crippen LogP contribution >= 0.6 is 0 Å². The summed E-state index contributed by atoms with van der Waals surface area (Å²) in [6.07, 6.45) is 1.62. The molecule has 0 aromatic carbocycles. The normalized spacial score (nSPS) is 14.1. The number of nitrogens with zero attached hydrogens (tertiary/aromatic N) is 1. The first-order valence-electron chi connectivity index (χ1n) is 4.12. The van der Waals surface area contributed by atoms with Crippen molar-refractivity contribution in [3.63, 3.8) is 0 Å². The van der Waals surface area contributed by atoms with Crippen LogP contribution in [0.1, 0.15) is 33.6 Å². The van der Waals surface area contributed by atoms with E-state index in [4.69, 9.17) is 0 Å². The van der Waals surface area contributed by atoms with E-state index >= 15 is 0 Å². The van der Waals surface area contributed by atoms with E-state index in [2.05, 4.69) is 13.8 Å². The molecule has 1 unspecified atom stereocenters. The Morgan fingerprint density at radius 1 is 1.20 bits per heavy atom. The van der Waals surface area contributed by atoms with E-state index in [-0.39, 0.29) is 0 Å². The zero-order valence-electron chi connectivity index (χ0n) is 7.26. The Labute approximate surface area is 63.8 Å². The van der Waals surface area contributed by atoms with Gasteiger partial charge in [0.25, 0.3) is 0 Å². The molecule has 0 aromatic rings. The van der Waals surface area contributed by atoms with Crippen molar-refractivity contribution in [1.29, 1.82) is 0 Å². The van der Waals surface area contributed by atoms with Gasteiger partial charge in [0, 0.05) is 13.1 Å². The largest absolute Gasteiger partial charge is 0.276 e. The average molecular weight is 144 g/mol. The quantitative estimate of drug-likeness (QED) is 0.540. The molecule has 0 aliphatic carbocycles. The monoisotopic (exact) mass is 144 g/mol. The van der Waals surface area contributed by atoms with E-state index in [1.54, 1.807) is 6.92 Å². The Hall–Kier alpha value is -0.0800. The first-order chi connectivity index (χ1) is 4.72. The van der Waals surface area contributed by atoms with Crippen LogP contribution in [0.3, 0.4) is 0 Å². The van der Waals surface area contributed by atoms with Crippen LogP contribution in [0.5, 0.6) is 0 Å². The van der Waals surface area contributed by atoms with E-state index in [1.165, 1.54) is 0 Å². The van der Waals surface area contributed by atoms with Gasteiger partial charge in [-0.15, -0.1) is 0 Å². The Bertz CT molecular complexity index is 67.7. The highest BCUT2D eigenvalue weighted by Crippen LogP contribution is 1.98. The molecule has 0 aliphatic rings. The van der Waals surface area contributed by atoms with Crippen LogP contribution in [0.25, 0.3) is 0 Å². The van der Waals surface area contributed by atoms with Crippen molar-refractivity contribution >= 4 is 0 Å². The van der Waals surface area contributed by atoms with Gasteiger partial charge in [0.05, 0.1) is 0 Å². The predicted molar refractivity (Wildman–Crippen MR) is 42.3 cm³/mol. The summed E-state index contributed by atoms with van der Waals surface area (Å²) in [6, 6.07) is 0. The predicted octanol–water partition coefficient (Wildman–Crippen LogP) is 1.88. The lowest BCUT2D eigenvalue weighted by molar-refractivity contribution is -0.0344. The molecular formula is C8H18NO. The van der Waals surface area contributed by atoms with E-state index in [0.717, 1.165) is 25.9 Å². The van der Waals surface area contributed by atoms with Crippen LogP contribution in [-0.4, -0.2) is 24.2 Å². The molecule has 61 valence electrons. The van der Waals surface area contributed by atoms with Gasteiger partial charge < -0.3 is 0 Å². The fourth-order valence-electron chi connectivity index (χ4n) is 1.05. The highest BCUT2D eigenvalue weighted by Gasteiger charge is 2.08. The summed E-state index contributed by atoms with van der Waals surface area (Å²) in [4.78, 5) is 1.97. The van der Waals surface area contributed by atoms with E-state index in [9.17, 15) is 5.11 Å². The van der Waals surface area contributed by atoms with Gasteiger partial charge in [0.1, 0.15) is 6.23 Å². The molecule has 0 N–H and O–H groups in total. The summed E-state index contributed by atoms with van der Waals surface area (Å²) in [5.74, 6) is 0. The summed E-state index contributed by atoms with van der Waals surface area (Å²) in [6.45, 7) is 7.80. The van der Waals surface area contributed by atoms with Crippen LogP contribution in [-0.2, 0) is 5.11 Å². The molecular weight excluding hydrogens is 126 g/mol. The first kappa shape index (κ1) is 9.92. The Balaban J connectivity index is 3.50. The van der Waals surface area contributed by atoms with E-state index in [1.807, 2.05) is 4.90 Å². The van der Waals surface area contributed by atoms with Crippen LogP contribution < -0.4 is 0 Å². The van der Waals surface area contributed by atoms with Gasteiger partial charge in [0.2, 0.25) is 0 Å². The zero-order valence-corrected chi connectivity index (χ0v) is 7.26. The van der Waals surface area contributed by atoms with Gasteiger partial charge in [0.15, 0.2) is 0 Å². The van der Waals surface area contributed by atoms with E-state index in [0.29, 0.717) is 0 Å². The molecule has 0 amide bonds. The second-order valence-corrected chi connectivity index (χ2v) is 2.64. The minimum Gasteiger partial charge on any atom is -0.276 e. The molecule has 0 rings (SSSR count). The van der Waals surface area contributed by atoms with Gasteiger partial charge in [-0.05, 0) is 19.8 Å². The summed E-state index contributed by atoms with van der Waals surface area (Å²) in [7, 11) is 0. The van der Waals surface area contributed by atoms with Crippen molar-refractivity contribution in [2.75, 3.05) is 13.1 Å². The third-order valence-corrected chi connectivity index (χ3v) is 1.54. The molecule has 0 spiro atoms. The van der Waals surface area contributed by atoms with Crippen molar-refractivity contribution in [2.24, 2.45) is 0 Å². The van der Waals surface area contributed by atoms with Gasteiger partial charge in [-0.3, -0.25) is 4.90 Å². The van der Waals surface area contributed by atoms with Crippen LogP contribution in [0.4, 0.5) is 0 Å². The second kappa shape index (κ2) is 5.69. The Morgan fingerprint density at radius 3 is 1.80 bits per heavy atom. The minimum absolute atomic E-state index is 0.528. The highest BCUT2D eigenvalue weighted by molar-refractivity contribution is 4.54. The Morgan fingerprint density at radius 2 is 1.60 bits per heavy atom. The molecule has 0 aromatic heterocycles. The molecule has 0 saturated carbocycles. The molecule has 0 saturated heterocycles. The third-order valence-electron chi connectivity index (χ3n) is 1.54. The molecule has 0 heterocycles. The summed E-state index contributed by atoms with van der Waals surface area (Å²) in [5.41, 5.74) is 0. The fraction of sp³-hybridized carbons (Fsp3) is 1.00. The topological polar surface area (TPSA) is 23.1 Å². The lowest BCUT2D eigenvalue weighted by Crippen LogP contribution is -2.33. The highest BCUT2D eigenvalue weighted by atomic mass is 16.3. The SMILES string of the molecule is CCCN(CCC)C(C)[O]. The molecule has 0 fully saturated rings. The molecule has 1 atom stereocenters. The maximum absolute atomic E-state index is 10.9. The van der Waals surface area contributed by atoms with Crippen molar-refractivity contribution in [1.82, 2.24) is 4.90 Å². The van der Waals surface area contributed by atoms with E-state index < -0.39 is 6.23 Å². The smallest absolute Gasteiger partial charge is 0.143 e. The van der Waals surface area contributed by atoms with Gasteiger partial charge in [-0.25, -0.2) is 5.11 Å². The van der Waals surface area contributed by atoms with Gasteiger partial charge in [-0.2, -0.15) is 0 Å². The van der Waals surface area contributed by atoms with Crippen molar-refractivity contribution in [2.45, 2.75) is 39.8 Å². The zero-order chi connectivity index (χ0) is 7.98. The van der Waals surface area contributed by atoms with Crippen molar-refractivity contribution in [3.05, 3.63) is 0 Å². The second-order valence-electron chi connectivity index (χ2n) is 2.64. The molecule has 2 nitrogen and oxygen atoms in total. The van der Waals surface area contributed by atoms with Gasteiger partial charge in [-0.1, -0.05) is 13.8 Å². The third kappa shape index (κ3) is 3.85. The first-order valence-corrected chi connectivity index (χ1v) is 4.12. The fourth-order valence-corrected chi connectivity index (χ4v) is 1.05. The van der Waals surface area contributed by atoms with Gasteiger partial charge >= 0.3 is 0 Å². The maximum atomic E-state index is 10.9. The summed E-state index contributed by atoms with van der Waals surface area (Å²) >= 11 is 0. The van der Waals surface area contributed by atoms with Crippen LogP contribution in [0.2, 0.25) is 0 Å². The summed E-state index contributed by atoms with van der Waals surface area (Å²) in [5, 5.41) is 10.9. The number of rotatable bonds is 5. The molecule has 0 aliphatic heterocycles. The van der Waals surface area contributed by atoms with Crippen molar-refractivity contribution in [3.8, 4) is 0 Å². The van der Waals surface area contributed by atoms with Crippen LogP contribution in [0, 0.1) is 0 Å². The lowest BCUT2D eigenvalue weighted by Gasteiger charge is -2.21. The molecule has 1 radical (unpaired) electrons. The maximum Gasteiger partial charge on any atom is 0.143 e. The molecule has 2 heteroatoms. The average Bonchev–Trinajstić information content (AvgIpc) is 1.87. The van der Waals surface area contributed by atoms with Crippen molar-refractivity contribution < 1.29 is 5.11 Å². The standard InChI is InChI=1S/C8H18NO/c1-4-6-9(7-5-2)8(3)10/h8H,4-7H2,1-3H3. The summed E-state index contributed by atoms with van der Waals surface area (Å²) < 4.78 is 0. The minimum atomic E-state index is -0.528. The molecule has 0 bridgehead atoms.